The van der Waals surface area contributed by atoms with Crippen molar-refractivity contribution in [3.05, 3.63) is 46.8 Å². The summed E-state index contributed by atoms with van der Waals surface area (Å²) in [5.41, 5.74) is 2.87. The minimum atomic E-state index is -0.462. The van der Waals surface area contributed by atoms with E-state index in [-0.39, 0.29) is 5.82 Å². The Balaban J connectivity index is 1.46. The number of likely N-dealkylation sites (tertiary alicyclic amines) is 1. The van der Waals surface area contributed by atoms with Gasteiger partial charge in [0.25, 0.3) is 0 Å². The van der Waals surface area contributed by atoms with Crippen LogP contribution in [0.3, 0.4) is 0 Å². The quantitative estimate of drug-likeness (QED) is 0.917. The van der Waals surface area contributed by atoms with Gasteiger partial charge in [-0.1, -0.05) is 6.42 Å². The van der Waals surface area contributed by atoms with E-state index in [4.69, 9.17) is 0 Å². The number of hydrogen-bond donors (Lipinski definition) is 1. The molecule has 0 saturated carbocycles. The summed E-state index contributed by atoms with van der Waals surface area (Å²) >= 11 is 0. The predicted molar refractivity (Wildman–Crippen MR) is 90.4 cm³/mol. The lowest BCUT2D eigenvalue weighted by Crippen LogP contribution is -2.42. The largest absolute Gasteiger partial charge is 0.372 e. The van der Waals surface area contributed by atoms with Crippen LogP contribution >= 0.6 is 0 Å². The zero-order valence-corrected chi connectivity index (χ0v) is 14.0. The van der Waals surface area contributed by atoms with E-state index in [0.29, 0.717) is 18.0 Å². The molecular weight excluding hydrogens is 308 g/mol. The average molecular weight is 333 g/mol. The number of nitrogens with one attached hydrogen (secondary N) is 1. The normalized spacial score (nSPS) is 24.5. The zero-order chi connectivity index (χ0) is 16.5. The third kappa shape index (κ3) is 3.14. The summed E-state index contributed by atoms with van der Waals surface area (Å²) in [7, 11) is 0. The number of rotatable bonds is 3. The molecule has 1 N–H and O–H groups in total. The second-order valence-corrected chi connectivity index (χ2v) is 7.23. The maximum Gasteiger partial charge on any atom is 0.129 e. The summed E-state index contributed by atoms with van der Waals surface area (Å²) in [5, 5.41) is 3.35. The van der Waals surface area contributed by atoms with Gasteiger partial charge in [0.2, 0.25) is 0 Å². The van der Waals surface area contributed by atoms with Crippen molar-refractivity contribution in [2.75, 3.05) is 26.3 Å². The molecule has 3 aliphatic rings. The number of benzene rings is 1. The van der Waals surface area contributed by atoms with Crippen molar-refractivity contribution in [2.24, 2.45) is 0 Å². The summed E-state index contributed by atoms with van der Waals surface area (Å²) in [6, 6.07) is 2.85. The fourth-order valence-electron chi connectivity index (χ4n) is 4.34. The van der Waals surface area contributed by atoms with E-state index in [1.54, 1.807) is 0 Å². The van der Waals surface area contributed by atoms with Gasteiger partial charge in [0, 0.05) is 30.5 Å². The third-order valence-electron chi connectivity index (χ3n) is 5.61. The van der Waals surface area contributed by atoms with Gasteiger partial charge in [0.1, 0.15) is 11.6 Å². The van der Waals surface area contributed by atoms with Crippen LogP contribution in [0.25, 0.3) is 0 Å². The van der Waals surface area contributed by atoms with Gasteiger partial charge in [-0.25, -0.2) is 8.78 Å². The van der Waals surface area contributed by atoms with Crippen LogP contribution in [0.4, 0.5) is 8.78 Å². The smallest absolute Gasteiger partial charge is 0.129 e. The summed E-state index contributed by atoms with van der Waals surface area (Å²) in [5.74, 6) is -0.845. The molecule has 1 saturated heterocycles. The SMILES string of the molecule is Fc1cc(F)c2c(c1)C[C@@H](N1CNC=C1CN1CCCCC1)CC2. The van der Waals surface area contributed by atoms with E-state index >= 15 is 0 Å². The van der Waals surface area contributed by atoms with Crippen LogP contribution in [-0.2, 0) is 12.8 Å². The maximum atomic E-state index is 13.9. The fourth-order valence-corrected chi connectivity index (χ4v) is 4.34. The van der Waals surface area contributed by atoms with Crippen LogP contribution in [-0.4, -0.2) is 42.1 Å². The Morgan fingerprint density at radius 1 is 1.12 bits per heavy atom. The van der Waals surface area contributed by atoms with Gasteiger partial charge in [-0.05, 0) is 62.4 Å². The minimum absolute atomic E-state index is 0.324. The van der Waals surface area contributed by atoms with Gasteiger partial charge >= 0.3 is 0 Å². The first-order valence-electron chi connectivity index (χ1n) is 9.09. The Labute approximate surface area is 142 Å². The molecule has 1 aromatic carbocycles. The molecule has 2 heterocycles. The second kappa shape index (κ2) is 6.71. The minimum Gasteiger partial charge on any atom is -0.372 e. The number of halogens is 2. The van der Waals surface area contributed by atoms with Crippen molar-refractivity contribution in [1.29, 1.82) is 0 Å². The lowest BCUT2D eigenvalue weighted by molar-refractivity contribution is 0.190. The molecule has 2 aliphatic heterocycles. The molecule has 1 atom stereocenters. The van der Waals surface area contributed by atoms with Gasteiger partial charge in [-0.3, -0.25) is 4.90 Å². The second-order valence-electron chi connectivity index (χ2n) is 7.23. The van der Waals surface area contributed by atoms with Gasteiger partial charge < -0.3 is 10.2 Å². The van der Waals surface area contributed by atoms with Gasteiger partial charge in [0.15, 0.2) is 0 Å². The third-order valence-corrected chi connectivity index (χ3v) is 5.61. The van der Waals surface area contributed by atoms with E-state index < -0.39 is 5.82 Å². The van der Waals surface area contributed by atoms with E-state index in [0.717, 1.165) is 37.7 Å². The monoisotopic (exact) mass is 333 g/mol. The predicted octanol–water partition coefficient (Wildman–Crippen LogP) is 3.01. The van der Waals surface area contributed by atoms with Crippen LogP contribution in [0, 0.1) is 11.6 Å². The van der Waals surface area contributed by atoms with Crippen molar-refractivity contribution in [3.8, 4) is 0 Å². The van der Waals surface area contributed by atoms with Crippen molar-refractivity contribution < 1.29 is 8.78 Å². The van der Waals surface area contributed by atoms with Crippen molar-refractivity contribution >= 4 is 0 Å². The topological polar surface area (TPSA) is 18.5 Å². The molecule has 1 fully saturated rings. The van der Waals surface area contributed by atoms with Crippen LogP contribution in [0.15, 0.2) is 24.0 Å². The highest BCUT2D eigenvalue weighted by molar-refractivity contribution is 5.33. The maximum absolute atomic E-state index is 13.9. The van der Waals surface area contributed by atoms with Crippen molar-refractivity contribution in [1.82, 2.24) is 15.1 Å². The van der Waals surface area contributed by atoms with E-state index in [9.17, 15) is 8.78 Å². The molecule has 0 unspecified atom stereocenters. The molecule has 0 radical (unpaired) electrons. The Morgan fingerprint density at radius 2 is 1.96 bits per heavy atom. The van der Waals surface area contributed by atoms with Crippen LogP contribution in [0.1, 0.15) is 36.8 Å². The van der Waals surface area contributed by atoms with Crippen molar-refractivity contribution in [3.63, 3.8) is 0 Å². The van der Waals surface area contributed by atoms with E-state index in [1.807, 2.05) is 0 Å². The summed E-state index contributed by atoms with van der Waals surface area (Å²) in [6.45, 7) is 4.14. The highest BCUT2D eigenvalue weighted by atomic mass is 19.1. The number of fused-ring (bicyclic) bond motifs is 1. The molecule has 5 heteroatoms. The fraction of sp³-hybridized carbons (Fsp3) is 0.579. The molecule has 4 rings (SSSR count). The molecule has 0 amide bonds. The van der Waals surface area contributed by atoms with Gasteiger partial charge in [-0.2, -0.15) is 0 Å². The Bertz CT molecular complexity index is 638. The van der Waals surface area contributed by atoms with Gasteiger partial charge in [-0.15, -0.1) is 0 Å². The molecule has 0 spiro atoms. The number of piperidine rings is 1. The number of nitrogens with zero attached hydrogens (tertiary/aromatic N) is 2. The summed E-state index contributed by atoms with van der Waals surface area (Å²) in [4.78, 5) is 4.92. The Morgan fingerprint density at radius 3 is 2.79 bits per heavy atom. The lowest BCUT2D eigenvalue weighted by Gasteiger charge is -2.37. The highest BCUT2D eigenvalue weighted by Gasteiger charge is 2.30. The first-order chi connectivity index (χ1) is 11.7. The molecule has 24 heavy (non-hydrogen) atoms. The molecular formula is C19H25F2N3. The van der Waals surface area contributed by atoms with Crippen LogP contribution in [0.5, 0.6) is 0 Å². The summed E-state index contributed by atoms with van der Waals surface area (Å²) < 4.78 is 27.5. The Kier molecular flexibility index (Phi) is 4.44. The highest BCUT2D eigenvalue weighted by Crippen LogP contribution is 2.30. The van der Waals surface area contributed by atoms with Crippen LogP contribution in [0.2, 0.25) is 0 Å². The van der Waals surface area contributed by atoms with Gasteiger partial charge in [0.05, 0.1) is 6.67 Å². The number of hydrogen-bond acceptors (Lipinski definition) is 3. The molecule has 0 aromatic heterocycles. The lowest BCUT2D eigenvalue weighted by atomic mass is 9.87. The molecule has 0 bridgehead atoms. The van der Waals surface area contributed by atoms with Crippen LogP contribution < -0.4 is 5.32 Å². The zero-order valence-electron chi connectivity index (χ0n) is 14.0. The first kappa shape index (κ1) is 15.9. The molecule has 130 valence electrons. The molecule has 1 aliphatic carbocycles. The standard InChI is InChI=1S/C19H25F2N3/c20-15-8-14-9-16(4-5-18(14)19(21)10-15)24-13-22-11-17(24)12-23-6-2-1-3-7-23/h8,10-11,16,22H,1-7,9,12-13H2/t16-/m0/s1. The van der Waals surface area contributed by atoms with E-state index in [1.165, 1.54) is 44.1 Å². The van der Waals surface area contributed by atoms with E-state index in [2.05, 4.69) is 21.3 Å². The molecule has 1 aromatic rings. The molecule has 3 nitrogen and oxygen atoms in total. The summed E-state index contributed by atoms with van der Waals surface area (Å²) in [6.07, 6.45) is 8.38. The van der Waals surface area contributed by atoms with Crippen molar-refractivity contribution in [2.45, 2.75) is 44.6 Å². The average Bonchev–Trinajstić information content (AvgIpc) is 3.03. The Hall–Kier alpha value is -1.62. The first-order valence-corrected chi connectivity index (χ1v) is 9.09.